The van der Waals surface area contributed by atoms with E-state index in [1.54, 1.807) is 37.0 Å². The summed E-state index contributed by atoms with van der Waals surface area (Å²) in [6.45, 7) is 7.52. The molecule has 0 aromatic carbocycles. The summed E-state index contributed by atoms with van der Waals surface area (Å²) in [5.41, 5.74) is 2.32. The van der Waals surface area contributed by atoms with Gasteiger partial charge in [0.1, 0.15) is 0 Å². The second kappa shape index (κ2) is 9.40. The van der Waals surface area contributed by atoms with Gasteiger partial charge in [0.05, 0.1) is 53.2 Å². The molecule has 31 heavy (non-hydrogen) atoms. The van der Waals surface area contributed by atoms with Gasteiger partial charge in [-0.3, -0.25) is 4.68 Å². The average Bonchev–Trinajstić information content (AvgIpc) is 3.40. The number of aromatic nitrogens is 5. The average molecular weight is 426 g/mol. The molecule has 9 nitrogen and oxygen atoms in total. The van der Waals surface area contributed by atoms with E-state index in [1.165, 1.54) is 6.21 Å². The molecule has 3 aromatic heterocycles. The van der Waals surface area contributed by atoms with Crippen molar-refractivity contribution >= 4 is 17.3 Å². The number of aliphatic hydroxyl groups is 2. The summed E-state index contributed by atoms with van der Waals surface area (Å²) in [6, 6.07) is 2.23. The molecule has 3 rings (SSSR count). The Kier molecular flexibility index (Phi) is 6.87. The Balaban J connectivity index is 1.96. The minimum Gasteiger partial charge on any atom is -0.388 e. The maximum absolute atomic E-state index is 10.00. The Hall–Kier alpha value is -3.04. The fourth-order valence-corrected chi connectivity index (χ4v) is 3.32. The Morgan fingerprint density at radius 3 is 2.65 bits per heavy atom. The van der Waals surface area contributed by atoms with Gasteiger partial charge in [-0.2, -0.15) is 10.2 Å². The van der Waals surface area contributed by atoms with E-state index in [4.69, 9.17) is 10.4 Å². The molecule has 0 radical (unpaired) electrons. The zero-order chi connectivity index (χ0) is 22.6. The van der Waals surface area contributed by atoms with Crippen LogP contribution in [0.1, 0.15) is 52.3 Å². The van der Waals surface area contributed by atoms with Crippen LogP contribution in [0.5, 0.6) is 0 Å². The fourth-order valence-electron chi connectivity index (χ4n) is 3.32. The highest BCUT2D eigenvalue weighted by molar-refractivity contribution is 6.07. The third-order valence-electron chi connectivity index (χ3n) is 5.42. The van der Waals surface area contributed by atoms with E-state index in [0.717, 1.165) is 29.6 Å². The summed E-state index contributed by atoms with van der Waals surface area (Å²) in [6.07, 6.45) is 11.1. The van der Waals surface area contributed by atoms with Gasteiger partial charge in [-0.15, -0.1) is 0 Å². The highest BCUT2D eigenvalue weighted by Crippen LogP contribution is 2.26. The van der Waals surface area contributed by atoms with Gasteiger partial charge in [0.15, 0.2) is 0 Å². The molecule has 0 spiro atoms. The predicted molar refractivity (Wildman–Crippen MR) is 121 cm³/mol. The van der Waals surface area contributed by atoms with Crippen LogP contribution in [0.3, 0.4) is 0 Å². The van der Waals surface area contributed by atoms with Crippen molar-refractivity contribution in [3.63, 3.8) is 0 Å². The van der Waals surface area contributed by atoms with E-state index >= 15 is 0 Å². The topological polar surface area (TPSA) is 124 Å². The predicted octanol–water partition coefficient (Wildman–Crippen LogP) is 2.67. The quantitative estimate of drug-likeness (QED) is 0.370. The largest absolute Gasteiger partial charge is 0.388 e. The van der Waals surface area contributed by atoms with E-state index in [1.807, 2.05) is 23.1 Å². The summed E-state index contributed by atoms with van der Waals surface area (Å²) in [5.74, 6) is 0. The molecule has 166 valence electrons. The van der Waals surface area contributed by atoms with Crippen molar-refractivity contribution in [1.29, 1.82) is 5.41 Å². The number of rotatable bonds is 10. The molecule has 0 unspecified atom stereocenters. The number of nitrogens with zero attached hydrogens (tertiary/aromatic N) is 5. The van der Waals surface area contributed by atoms with Crippen LogP contribution in [0.4, 0.5) is 0 Å². The number of fused-ring (bicyclic) bond motifs is 1. The molecule has 9 heteroatoms. The molecule has 0 fully saturated rings. The van der Waals surface area contributed by atoms with Crippen molar-refractivity contribution in [1.82, 2.24) is 29.7 Å². The molecular formula is C22H31N7O2. The van der Waals surface area contributed by atoms with Crippen molar-refractivity contribution in [3.05, 3.63) is 42.7 Å². The second-order valence-corrected chi connectivity index (χ2v) is 8.14. The molecule has 0 amide bonds. The molecule has 3 heterocycles. The van der Waals surface area contributed by atoms with Crippen molar-refractivity contribution in [2.75, 3.05) is 6.54 Å². The third-order valence-corrected chi connectivity index (χ3v) is 5.42. The van der Waals surface area contributed by atoms with Gasteiger partial charge in [0.2, 0.25) is 0 Å². The normalized spacial score (nSPS) is 13.7. The van der Waals surface area contributed by atoms with Crippen molar-refractivity contribution in [3.8, 4) is 11.3 Å². The number of aliphatic hydroxyl groups excluding tert-OH is 1. The lowest BCUT2D eigenvalue weighted by atomic mass is 10.0. The maximum Gasteiger partial charge on any atom is 0.0999 e. The first-order valence-electron chi connectivity index (χ1n) is 10.5. The van der Waals surface area contributed by atoms with E-state index in [2.05, 4.69) is 29.4 Å². The summed E-state index contributed by atoms with van der Waals surface area (Å²) >= 11 is 0. The first-order chi connectivity index (χ1) is 14.8. The van der Waals surface area contributed by atoms with Crippen LogP contribution in [-0.2, 0) is 0 Å². The minimum atomic E-state index is -1.22. The molecule has 0 aliphatic rings. The smallest absolute Gasteiger partial charge is 0.0999 e. The molecule has 0 aliphatic carbocycles. The lowest BCUT2D eigenvalue weighted by Crippen LogP contribution is -2.42. The molecule has 0 saturated carbocycles. The van der Waals surface area contributed by atoms with Crippen LogP contribution < -0.4 is 5.32 Å². The fraction of sp³-hybridized carbons (Fsp3) is 0.455. The molecule has 3 aromatic rings. The standard InChI is InChI=1S/C22H31N7O2/c1-5-17(6-2)28-13-16(11-26-28)21-19-7-8-25-29(19)14-18(27-21)15(9-23)10-24-12-20(30)22(3,4)31/h7-11,13-14,17,20,23-24,30-31H,5-6,12H2,1-4H3/b15-10+,23-9?/t20-/m1/s1. The highest BCUT2D eigenvalue weighted by atomic mass is 16.3. The summed E-state index contributed by atoms with van der Waals surface area (Å²) in [5, 5.41) is 39.6. The molecule has 4 N–H and O–H groups in total. The number of nitrogens with one attached hydrogen (secondary N) is 2. The van der Waals surface area contributed by atoms with Gasteiger partial charge < -0.3 is 20.9 Å². The van der Waals surface area contributed by atoms with Crippen LogP contribution in [0, 0.1) is 5.41 Å². The van der Waals surface area contributed by atoms with Crippen LogP contribution in [0.15, 0.2) is 37.1 Å². The minimum absolute atomic E-state index is 0.139. The summed E-state index contributed by atoms with van der Waals surface area (Å²) in [7, 11) is 0. The van der Waals surface area contributed by atoms with Crippen molar-refractivity contribution in [2.45, 2.75) is 58.3 Å². The van der Waals surface area contributed by atoms with Gasteiger partial charge in [0, 0.05) is 36.3 Å². The third kappa shape index (κ3) is 5.00. The van der Waals surface area contributed by atoms with Gasteiger partial charge in [-0.25, -0.2) is 9.50 Å². The van der Waals surface area contributed by atoms with Crippen LogP contribution in [0.25, 0.3) is 22.3 Å². The van der Waals surface area contributed by atoms with E-state index in [9.17, 15) is 10.2 Å². The lowest BCUT2D eigenvalue weighted by Gasteiger charge is -2.24. The summed E-state index contributed by atoms with van der Waals surface area (Å²) in [4.78, 5) is 4.80. The first-order valence-corrected chi connectivity index (χ1v) is 10.5. The molecule has 0 aliphatic heterocycles. The van der Waals surface area contributed by atoms with E-state index < -0.39 is 11.7 Å². The van der Waals surface area contributed by atoms with Gasteiger partial charge in [-0.05, 0) is 32.8 Å². The van der Waals surface area contributed by atoms with Crippen LogP contribution >= 0.6 is 0 Å². The van der Waals surface area contributed by atoms with Gasteiger partial charge in [0.25, 0.3) is 0 Å². The zero-order valence-corrected chi connectivity index (χ0v) is 18.4. The van der Waals surface area contributed by atoms with E-state index in [0.29, 0.717) is 17.3 Å². The Labute approximate surface area is 181 Å². The molecular weight excluding hydrogens is 394 g/mol. The number of hydrogen-bond acceptors (Lipinski definition) is 7. The first kappa shape index (κ1) is 22.6. The molecule has 0 saturated heterocycles. The van der Waals surface area contributed by atoms with Gasteiger partial charge in [-0.1, -0.05) is 13.8 Å². The van der Waals surface area contributed by atoms with Crippen molar-refractivity contribution in [2.24, 2.45) is 0 Å². The SMILES string of the molecule is CCC(CC)n1cc(-c2nc(/C(C=N)=C/NC[C@@H](O)C(C)(C)O)cn3nccc23)cn1. The van der Waals surface area contributed by atoms with E-state index in [-0.39, 0.29) is 6.54 Å². The number of allylic oxidation sites excluding steroid dienone is 1. The zero-order valence-electron chi connectivity index (χ0n) is 18.4. The summed E-state index contributed by atoms with van der Waals surface area (Å²) < 4.78 is 3.71. The Morgan fingerprint density at radius 1 is 1.26 bits per heavy atom. The second-order valence-electron chi connectivity index (χ2n) is 8.14. The maximum atomic E-state index is 10.00. The van der Waals surface area contributed by atoms with Gasteiger partial charge >= 0.3 is 0 Å². The Morgan fingerprint density at radius 2 is 2.00 bits per heavy atom. The van der Waals surface area contributed by atoms with Crippen molar-refractivity contribution < 1.29 is 10.2 Å². The lowest BCUT2D eigenvalue weighted by molar-refractivity contribution is -0.0448. The molecule has 0 bridgehead atoms. The monoisotopic (exact) mass is 425 g/mol. The molecule has 1 atom stereocenters. The van der Waals surface area contributed by atoms with Crippen LogP contribution in [-0.4, -0.2) is 59.1 Å². The highest BCUT2D eigenvalue weighted by Gasteiger charge is 2.23. The Bertz CT molecular complexity index is 1060. The number of hydrogen-bond donors (Lipinski definition) is 4. The van der Waals surface area contributed by atoms with Crippen LogP contribution in [0.2, 0.25) is 0 Å².